The second-order valence-corrected chi connectivity index (χ2v) is 5.72. The lowest BCUT2D eigenvalue weighted by atomic mass is 9.73. The van der Waals surface area contributed by atoms with Gasteiger partial charge in [-0.05, 0) is 44.2 Å². The Kier molecular flexibility index (Phi) is 5.07. The van der Waals surface area contributed by atoms with Gasteiger partial charge >= 0.3 is 0 Å². The Balaban J connectivity index is 2.45. The van der Waals surface area contributed by atoms with Crippen LogP contribution in [0.25, 0.3) is 0 Å². The van der Waals surface area contributed by atoms with Gasteiger partial charge in [0.1, 0.15) is 5.75 Å². The normalized spacial score (nSPS) is 22.2. The number of aliphatic hydroxyl groups is 1. The molecule has 21 heavy (non-hydrogen) atoms. The van der Waals surface area contributed by atoms with Crippen LogP contribution in [0.1, 0.15) is 38.2 Å². The predicted molar refractivity (Wildman–Crippen MR) is 84.6 cm³/mol. The number of para-hydroxylation sites is 1. The Bertz CT molecular complexity index is 545. The molecular formula is C18H24O3. The number of ether oxygens (including phenoxy) is 2. The van der Waals surface area contributed by atoms with E-state index in [-0.39, 0.29) is 18.6 Å². The van der Waals surface area contributed by atoms with Gasteiger partial charge in [0.2, 0.25) is 0 Å². The van der Waals surface area contributed by atoms with E-state index in [0.717, 1.165) is 35.3 Å². The molecule has 1 aliphatic carbocycles. The summed E-state index contributed by atoms with van der Waals surface area (Å²) >= 11 is 0. The number of hydrogen-bond acceptors (Lipinski definition) is 3. The third-order valence-corrected chi connectivity index (χ3v) is 4.18. The lowest BCUT2D eigenvalue weighted by Crippen LogP contribution is -2.22. The summed E-state index contributed by atoms with van der Waals surface area (Å²) in [6.45, 7) is 8.33. The summed E-state index contributed by atoms with van der Waals surface area (Å²) in [5, 5.41) is 10.6. The highest BCUT2D eigenvalue weighted by atomic mass is 16.7. The van der Waals surface area contributed by atoms with E-state index < -0.39 is 0 Å². The van der Waals surface area contributed by atoms with E-state index in [1.165, 1.54) is 0 Å². The molecule has 1 aromatic carbocycles. The molecule has 2 atom stereocenters. The third-order valence-electron chi connectivity index (χ3n) is 4.18. The second-order valence-electron chi connectivity index (χ2n) is 5.72. The maximum absolute atomic E-state index is 10.6. The number of hydrogen-bond donors (Lipinski definition) is 1. The number of aliphatic hydroxyl groups excluding tert-OH is 1. The molecule has 0 heterocycles. The van der Waals surface area contributed by atoms with Gasteiger partial charge in [-0.15, -0.1) is 0 Å². The van der Waals surface area contributed by atoms with E-state index in [9.17, 15) is 5.11 Å². The fraction of sp³-hybridized carbons (Fsp3) is 0.444. The number of rotatable bonds is 5. The third kappa shape index (κ3) is 3.30. The minimum Gasteiger partial charge on any atom is -0.512 e. The molecule has 0 bridgehead atoms. The van der Waals surface area contributed by atoms with Crippen molar-refractivity contribution in [2.24, 2.45) is 5.92 Å². The largest absolute Gasteiger partial charge is 0.512 e. The van der Waals surface area contributed by atoms with Gasteiger partial charge < -0.3 is 14.6 Å². The van der Waals surface area contributed by atoms with Crippen LogP contribution >= 0.6 is 0 Å². The van der Waals surface area contributed by atoms with Crippen LogP contribution in [0, 0.1) is 5.92 Å². The van der Waals surface area contributed by atoms with Gasteiger partial charge in [0.25, 0.3) is 0 Å². The Morgan fingerprint density at radius 1 is 1.38 bits per heavy atom. The van der Waals surface area contributed by atoms with Crippen molar-refractivity contribution in [1.29, 1.82) is 0 Å². The maximum Gasteiger partial charge on any atom is 0.188 e. The highest BCUT2D eigenvalue weighted by molar-refractivity contribution is 5.43. The number of allylic oxidation sites excluding steroid dienone is 3. The summed E-state index contributed by atoms with van der Waals surface area (Å²) < 4.78 is 10.7. The van der Waals surface area contributed by atoms with Gasteiger partial charge in [-0.2, -0.15) is 0 Å². The molecule has 0 unspecified atom stereocenters. The molecule has 3 heteroatoms. The molecule has 1 N–H and O–H groups in total. The number of benzene rings is 1. The molecule has 0 amide bonds. The lowest BCUT2D eigenvalue weighted by Gasteiger charge is -2.33. The van der Waals surface area contributed by atoms with Crippen LogP contribution in [0.2, 0.25) is 0 Å². The minimum atomic E-state index is -0.0793. The first-order valence-electron chi connectivity index (χ1n) is 7.31. The van der Waals surface area contributed by atoms with Crippen LogP contribution in [0.4, 0.5) is 0 Å². The molecular weight excluding hydrogens is 264 g/mol. The highest BCUT2D eigenvalue weighted by Crippen LogP contribution is 2.46. The maximum atomic E-state index is 10.6. The van der Waals surface area contributed by atoms with Crippen LogP contribution < -0.4 is 4.74 Å². The molecule has 3 nitrogen and oxygen atoms in total. The van der Waals surface area contributed by atoms with Gasteiger partial charge in [0.05, 0.1) is 11.7 Å². The lowest BCUT2D eigenvalue weighted by molar-refractivity contribution is 0.0498. The van der Waals surface area contributed by atoms with E-state index in [1.807, 2.05) is 38.1 Å². The summed E-state index contributed by atoms with van der Waals surface area (Å²) in [6.07, 6.45) is 1.93. The van der Waals surface area contributed by atoms with Gasteiger partial charge in [-0.25, -0.2) is 0 Å². The molecule has 2 rings (SSSR count). The molecule has 0 spiro atoms. The van der Waals surface area contributed by atoms with E-state index in [0.29, 0.717) is 5.76 Å². The summed E-state index contributed by atoms with van der Waals surface area (Å²) in [6, 6.07) is 7.84. The molecule has 1 aromatic rings. The molecule has 0 saturated heterocycles. The van der Waals surface area contributed by atoms with Crippen molar-refractivity contribution >= 4 is 0 Å². The van der Waals surface area contributed by atoms with Crippen LogP contribution in [-0.4, -0.2) is 19.0 Å². The topological polar surface area (TPSA) is 38.7 Å². The van der Waals surface area contributed by atoms with Crippen LogP contribution in [0.3, 0.4) is 0 Å². The molecule has 0 radical (unpaired) electrons. The zero-order chi connectivity index (χ0) is 15.4. The second kappa shape index (κ2) is 6.81. The van der Waals surface area contributed by atoms with E-state index in [2.05, 4.69) is 6.58 Å². The summed E-state index contributed by atoms with van der Waals surface area (Å²) in [5.41, 5.74) is 3.15. The summed E-state index contributed by atoms with van der Waals surface area (Å²) in [5.74, 6) is 1.38. The molecule has 0 aromatic heterocycles. The fourth-order valence-corrected chi connectivity index (χ4v) is 3.01. The first kappa shape index (κ1) is 15.6. The molecule has 0 fully saturated rings. The Morgan fingerprint density at radius 2 is 2.10 bits per heavy atom. The van der Waals surface area contributed by atoms with Crippen molar-refractivity contribution in [2.45, 2.75) is 32.6 Å². The van der Waals surface area contributed by atoms with Gasteiger partial charge in [0, 0.05) is 12.7 Å². The Morgan fingerprint density at radius 3 is 2.76 bits per heavy atom. The fourth-order valence-electron chi connectivity index (χ4n) is 3.01. The zero-order valence-corrected chi connectivity index (χ0v) is 13.1. The van der Waals surface area contributed by atoms with Crippen LogP contribution in [0.15, 0.2) is 47.7 Å². The molecule has 114 valence electrons. The smallest absolute Gasteiger partial charge is 0.188 e. The predicted octanol–water partition coefficient (Wildman–Crippen LogP) is 4.57. The van der Waals surface area contributed by atoms with Crippen molar-refractivity contribution in [3.8, 4) is 5.75 Å². The van der Waals surface area contributed by atoms with Crippen molar-refractivity contribution in [1.82, 2.24) is 0 Å². The molecule has 1 aliphatic rings. The van der Waals surface area contributed by atoms with Crippen LogP contribution in [0.5, 0.6) is 5.75 Å². The SMILES string of the molecule is C=C(C)[C@@H]1CCC(C)=C(O)[C@H]1c1ccccc1OCOC. The summed E-state index contributed by atoms with van der Waals surface area (Å²) in [7, 11) is 1.60. The van der Waals surface area contributed by atoms with Gasteiger partial charge in [-0.3, -0.25) is 0 Å². The standard InChI is InChI=1S/C18H24O3/c1-12(2)14-10-9-13(3)18(19)17(14)15-7-5-6-8-16(15)21-11-20-4/h5-8,14,17,19H,1,9-11H2,2-4H3/t14-,17+/m0/s1. The zero-order valence-electron chi connectivity index (χ0n) is 13.1. The average Bonchev–Trinajstić information content (AvgIpc) is 2.48. The minimum absolute atomic E-state index is 0.0793. The van der Waals surface area contributed by atoms with Crippen molar-refractivity contribution in [3.05, 3.63) is 53.3 Å². The van der Waals surface area contributed by atoms with E-state index in [1.54, 1.807) is 7.11 Å². The first-order chi connectivity index (χ1) is 10.1. The van der Waals surface area contributed by atoms with Crippen molar-refractivity contribution < 1.29 is 14.6 Å². The van der Waals surface area contributed by atoms with E-state index >= 15 is 0 Å². The Hall–Kier alpha value is -1.74. The molecule has 0 saturated carbocycles. The number of methoxy groups -OCH3 is 1. The molecule has 0 aliphatic heterocycles. The monoisotopic (exact) mass is 288 g/mol. The average molecular weight is 288 g/mol. The first-order valence-corrected chi connectivity index (χ1v) is 7.31. The van der Waals surface area contributed by atoms with Crippen LogP contribution in [-0.2, 0) is 4.74 Å². The highest BCUT2D eigenvalue weighted by Gasteiger charge is 2.33. The van der Waals surface area contributed by atoms with Gasteiger partial charge in [0.15, 0.2) is 6.79 Å². The van der Waals surface area contributed by atoms with Crippen molar-refractivity contribution in [2.75, 3.05) is 13.9 Å². The van der Waals surface area contributed by atoms with E-state index in [4.69, 9.17) is 9.47 Å². The summed E-state index contributed by atoms with van der Waals surface area (Å²) in [4.78, 5) is 0. The quantitative estimate of drug-likeness (QED) is 0.637. The Labute approximate surface area is 126 Å². The van der Waals surface area contributed by atoms with Crippen molar-refractivity contribution in [3.63, 3.8) is 0 Å². The van der Waals surface area contributed by atoms with Gasteiger partial charge in [-0.1, -0.05) is 30.4 Å².